The van der Waals surface area contributed by atoms with Crippen LogP contribution >= 0.6 is 11.8 Å². The fourth-order valence-electron chi connectivity index (χ4n) is 2.42. The maximum absolute atomic E-state index is 13.0. The quantitative estimate of drug-likeness (QED) is 0.485. The Hall–Kier alpha value is -3.20. The molecule has 0 unspecified atom stereocenters. The van der Waals surface area contributed by atoms with Crippen molar-refractivity contribution >= 4 is 40.3 Å². The SMILES string of the molecule is CCN1C(=O)/C(=C/c2ccc(O)c([N+](=O)[O-])c2)SC1=Nc1ccc(F)cc1. The second-order valence-electron chi connectivity index (χ2n) is 5.54. The summed E-state index contributed by atoms with van der Waals surface area (Å²) in [6.45, 7) is 2.19. The van der Waals surface area contributed by atoms with E-state index in [1.54, 1.807) is 6.92 Å². The molecule has 3 rings (SSSR count). The molecule has 1 amide bonds. The number of amidine groups is 1. The lowest BCUT2D eigenvalue weighted by Gasteiger charge is -2.11. The van der Waals surface area contributed by atoms with Crippen molar-refractivity contribution in [3.8, 4) is 5.75 Å². The van der Waals surface area contributed by atoms with Gasteiger partial charge in [0.1, 0.15) is 5.82 Å². The van der Waals surface area contributed by atoms with Crippen molar-refractivity contribution in [3.05, 3.63) is 68.9 Å². The Labute approximate surface area is 158 Å². The van der Waals surface area contributed by atoms with E-state index in [1.807, 2.05) is 0 Å². The molecule has 1 N–H and O–H groups in total. The fourth-order valence-corrected chi connectivity index (χ4v) is 3.49. The maximum atomic E-state index is 13.0. The van der Waals surface area contributed by atoms with E-state index < -0.39 is 16.4 Å². The Morgan fingerprint density at radius 3 is 2.63 bits per heavy atom. The number of rotatable bonds is 4. The number of carbonyl (C=O) groups is 1. The van der Waals surface area contributed by atoms with E-state index in [0.29, 0.717) is 27.9 Å². The third-order valence-corrected chi connectivity index (χ3v) is 4.76. The van der Waals surface area contributed by atoms with Crippen molar-refractivity contribution in [3.63, 3.8) is 0 Å². The van der Waals surface area contributed by atoms with Crippen molar-refractivity contribution in [2.75, 3.05) is 6.54 Å². The summed E-state index contributed by atoms with van der Waals surface area (Å²) in [5.74, 6) is -1.10. The number of hydrogen-bond donors (Lipinski definition) is 1. The van der Waals surface area contributed by atoms with E-state index in [0.717, 1.165) is 11.8 Å². The molecule has 9 heteroatoms. The Morgan fingerprint density at radius 2 is 2.00 bits per heavy atom. The van der Waals surface area contributed by atoms with Gasteiger partial charge in [0.2, 0.25) is 0 Å². The number of phenolic OH excluding ortho intramolecular Hbond substituents is 1. The summed E-state index contributed by atoms with van der Waals surface area (Å²) in [4.78, 5) is 29.0. The first-order valence-corrected chi connectivity index (χ1v) is 8.73. The normalized spacial score (nSPS) is 17.1. The van der Waals surface area contributed by atoms with Gasteiger partial charge in [0, 0.05) is 12.6 Å². The van der Waals surface area contributed by atoms with Gasteiger partial charge in [0.05, 0.1) is 15.5 Å². The molecule has 0 aromatic heterocycles. The molecule has 0 saturated carbocycles. The van der Waals surface area contributed by atoms with Crippen molar-refractivity contribution in [2.24, 2.45) is 4.99 Å². The van der Waals surface area contributed by atoms with E-state index >= 15 is 0 Å². The summed E-state index contributed by atoms with van der Waals surface area (Å²) in [6.07, 6.45) is 1.51. The first-order chi connectivity index (χ1) is 12.9. The van der Waals surface area contributed by atoms with Gasteiger partial charge in [-0.25, -0.2) is 9.38 Å². The van der Waals surface area contributed by atoms with Crippen molar-refractivity contribution in [1.82, 2.24) is 4.90 Å². The lowest BCUT2D eigenvalue weighted by Crippen LogP contribution is -2.28. The fraction of sp³-hybridized carbons (Fsp3) is 0.111. The summed E-state index contributed by atoms with van der Waals surface area (Å²) < 4.78 is 13.0. The summed E-state index contributed by atoms with van der Waals surface area (Å²) in [7, 11) is 0. The predicted octanol–water partition coefficient (Wildman–Crippen LogP) is 4.06. The number of thioether (sulfide) groups is 1. The van der Waals surface area contributed by atoms with Crippen LogP contribution < -0.4 is 0 Å². The number of nitrogens with zero attached hydrogens (tertiary/aromatic N) is 3. The summed E-state index contributed by atoms with van der Waals surface area (Å²) in [6, 6.07) is 9.46. The van der Waals surface area contributed by atoms with Crippen LogP contribution in [-0.2, 0) is 4.79 Å². The second kappa shape index (κ2) is 7.58. The number of benzene rings is 2. The van der Waals surface area contributed by atoms with E-state index in [4.69, 9.17) is 0 Å². The minimum Gasteiger partial charge on any atom is -0.502 e. The highest BCUT2D eigenvalue weighted by Gasteiger charge is 2.32. The van der Waals surface area contributed by atoms with Crippen LogP contribution in [-0.4, -0.2) is 32.5 Å². The molecule has 2 aromatic rings. The highest BCUT2D eigenvalue weighted by atomic mass is 32.2. The standard InChI is InChI=1S/C18H14FN3O4S/c1-2-21-17(24)16(10-11-3-8-15(23)14(9-11)22(25)26)27-18(21)20-13-6-4-12(19)5-7-13/h3-10,23H,2H2,1H3/b16-10-,20-18?. The van der Waals surface area contributed by atoms with Gasteiger partial charge in [-0.1, -0.05) is 6.07 Å². The van der Waals surface area contributed by atoms with Crippen LogP contribution in [0.4, 0.5) is 15.8 Å². The second-order valence-corrected chi connectivity index (χ2v) is 6.55. The van der Waals surface area contributed by atoms with Gasteiger partial charge in [-0.05, 0) is 60.7 Å². The van der Waals surface area contributed by atoms with Crippen molar-refractivity contribution < 1.29 is 19.2 Å². The topological polar surface area (TPSA) is 96.0 Å². The van der Waals surface area contributed by atoms with E-state index in [2.05, 4.69) is 4.99 Å². The van der Waals surface area contributed by atoms with Crippen LogP contribution in [0.1, 0.15) is 12.5 Å². The molecule has 0 atom stereocenters. The van der Waals surface area contributed by atoms with Gasteiger partial charge < -0.3 is 5.11 Å². The van der Waals surface area contributed by atoms with Crippen LogP contribution in [0.25, 0.3) is 6.08 Å². The number of nitro groups is 1. The molecule has 0 aliphatic carbocycles. The Balaban J connectivity index is 1.94. The monoisotopic (exact) mass is 387 g/mol. The number of carbonyl (C=O) groups excluding carboxylic acids is 1. The number of likely N-dealkylation sites (N-methyl/N-ethyl adjacent to an activating group) is 1. The molecule has 1 heterocycles. The van der Waals surface area contributed by atoms with Gasteiger partial charge in [-0.15, -0.1) is 0 Å². The minimum absolute atomic E-state index is 0.279. The average molecular weight is 387 g/mol. The van der Waals surface area contributed by atoms with Crippen LogP contribution in [0.2, 0.25) is 0 Å². The van der Waals surface area contributed by atoms with Crippen LogP contribution in [0.5, 0.6) is 5.75 Å². The number of aromatic hydroxyl groups is 1. The molecule has 2 aromatic carbocycles. The molecule has 1 fully saturated rings. The average Bonchev–Trinajstić information content (AvgIpc) is 2.93. The smallest absolute Gasteiger partial charge is 0.311 e. The van der Waals surface area contributed by atoms with Gasteiger partial charge in [-0.2, -0.15) is 0 Å². The lowest BCUT2D eigenvalue weighted by atomic mass is 10.1. The van der Waals surface area contributed by atoms with E-state index in [1.165, 1.54) is 53.4 Å². The third kappa shape index (κ3) is 3.98. The molecular weight excluding hydrogens is 373 g/mol. The lowest BCUT2D eigenvalue weighted by molar-refractivity contribution is -0.385. The molecule has 7 nitrogen and oxygen atoms in total. The van der Waals surface area contributed by atoms with Crippen LogP contribution in [0.3, 0.4) is 0 Å². The number of nitro benzene ring substituents is 1. The molecule has 1 aliphatic heterocycles. The molecule has 0 radical (unpaired) electrons. The van der Waals surface area contributed by atoms with E-state index in [-0.39, 0.29) is 11.7 Å². The zero-order chi connectivity index (χ0) is 19.6. The minimum atomic E-state index is -0.694. The highest BCUT2D eigenvalue weighted by molar-refractivity contribution is 8.18. The van der Waals surface area contributed by atoms with Gasteiger partial charge in [-0.3, -0.25) is 19.8 Å². The van der Waals surface area contributed by atoms with Crippen molar-refractivity contribution in [2.45, 2.75) is 6.92 Å². The molecule has 0 spiro atoms. The van der Waals surface area contributed by atoms with Gasteiger partial charge in [0.25, 0.3) is 5.91 Å². The summed E-state index contributed by atoms with van der Waals surface area (Å²) in [5.41, 5.74) is 0.480. The Bertz CT molecular complexity index is 973. The maximum Gasteiger partial charge on any atom is 0.311 e. The molecule has 0 bridgehead atoms. The van der Waals surface area contributed by atoms with E-state index in [9.17, 15) is 24.4 Å². The Kier molecular flexibility index (Phi) is 5.22. The highest BCUT2D eigenvalue weighted by Crippen LogP contribution is 2.35. The zero-order valence-corrected chi connectivity index (χ0v) is 14.9. The van der Waals surface area contributed by atoms with Gasteiger partial charge in [0.15, 0.2) is 10.9 Å². The number of hydrogen-bond acceptors (Lipinski definition) is 6. The van der Waals surface area contributed by atoms with Gasteiger partial charge >= 0.3 is 5.69 Å². The predicted molar refractivity (Wildman–Crippen MR) is 101 cm³/mol. The van der Waals surface area contributed by atoms with Crippen molar-refractivity contribution in [1.29, 1.82) is 0 Å². The largest absolute Gasteiger partial charge is 0.502 e. The summed E-state index contributed by atoms with van der Waals surface area (Å²) >= 11 is 1.13. The van der Waals surface area contributed by atoms with Crippen LogP contribution in [0.15, 0.2) is 52.4 Å². The zero-order valence-electron chi connectivity index (χ0n) is 14.1. The molecular formula is C18H14FN3O4S. The first-order valence-electron chi connectivity index (χ1n) is 7.92. The first kappa shape index (κ1) is 18.6. The third-order valence-electron chi connectivity index (χ3n) is 3.75. The molecule has 1 saturated heterocycles. The molecule has 27 heavy (non-hydrogen) atoms. The number of amides is 1. The van der Waals surface area contributed by atoms with Crippen LogP contribution in [0, 0.1) is 15.9 Å². The number of halogens is 1. The molecule has 138 valence electrons. The molecule has 1 aliphatic rings. The Morgan fingerprint density at radius 1 is 1.30 bits per heavy atom. The summed E-state index contributed by atoms with van der Waals surface area (Å²) in [5, 5.41) is 20.9. The number of aliphatic imine (C=N–C) groups is 1. The number of phenols is 1.